The molecule has 33 heavy (non-hydrogen) atoms. The van der Waals surface area contributed by atoms with Gasteiger partial charge >= 0.3 is 11.9 Å². The first-order valence-electron chi connectivity index (χ1n) is 12.2. The maximum absolute atomic E-state index is 13.2. The molecule has 182 valence electrons. The van der Waals surface area contributed by atoms with Gasteiger partial charge in [-0.2, -0.15) is 0 Å². The SMILES string of the molecule is O=C(O)CN1CC(c2ccccc2)CCC(N[C@@H](CCCCC2CCNCC2)C(=O)O)C1=O. The molecule has 2 saturated heterocycles. The van der Waals surface area contributed by atoms with Crippen molar-refractivity contribution >= 4 is 17.8 Å². The zero-order valence-electron chi connectivity index (χ0n) is 19.2. The molecule has 2 aliphatic rings. The summed E-state index contributed by atoms with van der Waals surface area (Å²) in [5, 5.41) is 25.5. The number of carboxylic acids is 2. The van der Waals surface area contributed by atoms with E-state index in [9.17, 15) is 24.6 Å². The Bertz CT molecular complexity index is 782. The number of amides is 1. The molecular formula is C25H37N3O5. The van der Waals surface area contributed by atoms with E-state index in [1.165, 1.54) is 17.7 Å². The van der Waals surface area contributed by atoms with E-state index < -0.39 is 24.0 Å². The number of carbonyl (C=O) groups excluding carboxylic acids is 1. The molecule has 0 saturated carbocycles. The average molecular weight is 460 g/mol. The highest BCUT2D eigenvalue weighted by atomic mass is 16.4. The van der Waals surface area contributed by atoms with E-state index in [0.29, 0.717) is 31.7 Å². The smallest absolute Gasteiger partial charge is 0.323 e. The molecule has 1 aromatic rings. The third kappa shape index (κ3) is 7.82. The fraction of sp³-hybridized carbons (Fsp3) is 0.640. The van der Waals surface area contributed by atoms with Gasteiger partial charge in [0.1, 0.15) is 12.6 Å². The second-order valence-corrected chi connectivity index (χ2v) is 9.39. The molecule has 1 amide bonds. The first-order chi connectivity index (χ1) is 15.9. The molecular weight excluding hydrogens is 422 g/mol. The van der Waals surface area contributed by atoms with Crippen LogP contribution in [0.25, 0.3) is 0 Å². The van der Waals surface area contributed by atoms with E-state index in [2.05, 4.69) is 10.6 Å². The Morgan fingerprint density at radius 1 is 1.06 bits per heavy atom. The first kappa shape index (κ1) is 25.2. The number of nitrogens with one attached hydrogen (secondary N) is 2. The van der Waals surface area contributed by atoms with Gasteiger partial charge in [0.15, 0.2) is 0 Å². The Morgan fingerprint density at radius 3 is 2.45 bits per heavy atom. The average Bonchev–Trinajstić information content (AvgIpc) is 2.96. The van der Waals surface area contributed by atoms with Crippen LogP contribution in [0.15, 0.2) is 30.3 Å². The zero-order chi connectivity index (χ0) is 23.6. The van der Waals surface area contributed by atoms with Crippen LogP contribution in [0, 0.1) is 5.92 Å². The summed E-state index contributed by atoms with van der Waals surface area (Å²) in [5.41, 5.74) is 1.06. The summed E-state index contributed by atoms with van der Waals surface area (Å²) in [6.07, 6.45) is 6.88. The number of benzene rings is 1. The molecule has 0 aliphatic carbocycles. The van der Waals surface area contributed by atoms with Crippen LogP contribution in [0.1, 0.15) is 62.8 Å². The minimum absolute atomic E-state index is 0.0227. The number of rotatable bonds is 11. The quantitative estimate of drug-likeness (QED) is 0.375. The van der Waals surface area contributed by atoms with Crippen LogP contribution in [0.3, 0.4) is 0 Å². The summed E-state index contributed by atoms with van der Waals surface area (Å²) in [5.74, 6) is -1.61. The lowest BCUT2D eigenvalue weighted by atomic mass is 9.91. The topological polar surface area (TPSA) is 119 Å². The second-order valence-electron chi connectivity index (χ2n) is 9.39. The number of hydrogen-bond donors (Lipinski definition) is 4. The number of aliphatic carboxylic acids is 2. The molecule has 2 heterocycles. The van der Waals surface area contributed by atoms with Crippen molar-refractivity contribution in [2.45, 2.75) is 69.4 Å². The number of piperidine rings is 1. The predicted molar refractivity (Wildman–Crippen MR) is 125 cm³/mol. The third-order valence-electron chi connectivity index (χ3n) is 6.97. The molecule has 8 nitrogen and oxygen atoms in total. The fourth-order valence-electron chi connectivity index (χ4n) is 5.09. The Labute approximate surface area is 195 Å². The number of hydrogen-bond acceptors (Lipinski definition) is 5. The maximum Gasteiger partial charge on any atom is 0.323 e. The molecule has 0 spiro atoms. The van der Waals surface area contributed by atoms with Crippen LogP contribution in [0.4, 0.5) is 0 Å². The monoisotopic (exact) mass is 459 g/mol. The second kappa shape index (κ2) is 12.7. The van der Waals surface area contributed by atoms with Crippen LogP contribution >= 0.6 is 0 Å². The van der Waals surface area contributed by atoms with Crippen molar-refractivity contribution in [1.29, 1.82) is 0 Å². The van der Waals surface area contributed by atoms with Gasteiger partial charge in [-0.1, -0.05) is 49.6 Å². The van der Waals surface area contributed by atoms with Gasteiger partial charge in [0.05, 0.1) is 6.04 Å². The third-order valence-corrected chi connectivity index (χ3v) is 6.97. The van der Waals surface area contributed by atoms with Crippen LogP contribution in [0.2, 0.25) is 0 Å². The van der Waals surface area contributed by atoms with Crippen LogP contribution < -0.4 is 10.6 Å². The number of carboxylic acid groups (broad SMARTS) is 2. The Morgan fingerprint density at radius 2 is 1.79 bits per heavy atom. The normalized spacial score (nSPS) is 23.2. The summed E-state index contributed by atoms with van der Waals surface area (Å²) in [7, 11) is 0. The van der Waals surface area contributed by atoms with E-state index in [-0.39, 0.29) is 18.4 Å². The van der Waals surface area contributed by atoms with Crippen LogP contribution in [-0.2, 0) is 14.4 Å². The van der Waals surface area contributed by atoms with E-state index in [0.717, 1.165) is 37.9 Å². The Hall–Kier alpha value is -2.45. The highest BCUT2D eigenvalue weighted by Crippen LogP contribution is 2.27. The summed E-state index contributed by atoms with van der Waals surface area (Å²) in [6.45, 7) is 2.06. The van der Waals surface area contributed by atoms with Crippen LogP contribution in [0.5, 0.6) is 0 Å². The lowest BCUT2D eigenvalue weighted by Gasteiger charge is -2.27. The highest BCUT2D eigenvalue weighted by molar-refractivity contribution is 5.86. The van der Waals surface area contributed by atoms with Gasteiger partial charge in [-0.05, 0) is 56.7 Å². The van der Waals surface area contributed by atoms with E-state index in [4.69, 9.17) is 0 Å². The van der Waals surface area contributed by atoms with Crippen molar-refractivity contribution in [2.75, 3.05) is 26.2 Å². The van der Waals surface area contributed by atoms with Crippen molar-refractivity contribution in [2.24, 2.45) is 5.92 Å². The molecule has 2 fully saturated rings. The van der Waals surface area contributed by atoms with Gasteiger partial charge in [-0.3, -0.25) is 19.7 Å². The fourth-order valence-corrected chi connectivity index (χ4v) is 5.09. The van der Waals surface area contributed by atoms with Crippen LogP contribution in [-0.4, -0.2) is 71.2 Å². The maximum atomic E-state index is 13.2. The summed E-state index contributed by atoms with van der Waals surface area (Å²) in [4.78, 5) is 37.8. The first-order valence-corrected chi connectivity index (χ1v) is 12.2. The summed E-state index contributed by atoms with van der Waals surface area (Å²) < 4.78 is 0. The predicted octanol–water partition coefficient (Wildman–Crippen LogP) is 2.45. The molecule has 3 atom stereocenters. The summed E-state index contributed by atoms with van der Waals surface area (Å²) in [6, 6.07) is 8.27. The molecule has 4 N–H and O–H groups in total. The lowest BCUT2D eigenvalue weighted by Crippen LogP contribution is -2.52. The van der Waals surface area contributed by atoms with Crippen molar-refractivity contribution in [3.8, 4) is 0 Å². The van der Waals surface area contributed by atoms with E-state index in [1.807, 2.05) is 30.3 Å². The molecule has 0 aromatic heterocycles. The zero-order valence-corrected chi connectivity index (χ0v) is 19.2. The minimum atomic E-state index is -1.07. The molecule has 8 heteroatoms. The molecule has 1 aromatic carbocycles. The van der Waals surface area contributed by atoms with Crippen molar-refractivity contribution in [3.63, 3.8) is 0 Å². The van der Waals surface area contributed by atoms with Gasteiger partial charge in [-0.25, -0.2) is 0 Å². The summed E-state index contributed by atoms with van der Waals surface area (Å²) >= 11 is 0. The number of unbranched alkanes of at least 4 members (excludes halogenated alkanes) is 1. The Kier molecular flexibility index (Phi) is 9.69. The van der Waals surface area contributed by atoms with Gasteiger partial charge in [-0.15, -0.1) is 0 Å². The Balaban J connectivity index is 1.60. The highest BCUT2D eigenvalue weighted by Gasteiger charge is 2.35. The van der Waals surface area contributed by atoms with Crippen molar-refractivity contribution < 1.29 is 24.6 Å². The number of carbonyl (C=O) groups is 3. The van der Waals surface area contributed by atoms with Gasteiger partial charge in [0, 0.05) is 12.5 Å². The standard InChI is InChI=1S/C25H37N3O5/c29-23(30)17-28-16-20(19-7-2-1-3-8-19)10-11-21(24(28)31)27-22(25(32)33)9-5-4-6-18-12-14-26-15-13-18/h1-3,7-8,18,20-22,26-27H,4-6,9-17H2,(H,29,30)(H,32,33)/t20?,21?,22-/m0/s1. The van der Waals surface area contributed by atoms with Crippen molar-refractivity contribution in [3.05, 3.63) is 35.9 Å². The number of nitrogens with zero attached hydrogens (tertiary/aromatic N) is 1. The molecule has 0 radical (unpaired) electrons. The van der Waals surface area contributed by atoms with E-state index >= 15 is 0 Å². The molecule has 2 unspecified atom stereocenters. The van der Waals surface area contributed by atoms with E-state index in [1.54, 1.807) is 0 Å². The molecule has 0 bridgehead atoms. The lowest BCUT2D eigenvalue weighted by molar-refractivity contribution is -0.146. The number of likely N-dealkylation sites (tertiary alicyclic amines) is 1. The van der Waals surface area contributed by atoms with Gasteiger partial charge in [0.25, 0.3) is 0 Å². The molecule has 2 aliphatic heterocycles. The van der Waals surface area contributed by atoms with Gasteiger partial charge in [0.2, 0.25) is 5.91 Å². The minimum Gasteiger partial charge on any atom is -0.480 e. The molecule has 3 rings (SSSR count). The largest absolute Gasteiger partial charge is 0.480 e. The van der Waals surface area contributed by atoms with Crippen molar-refractivity contribution in [1.82, 2.24) is 15.5 Å². The van der Waals surface area contributed by atoms with Gasteiger partial charge < -0.3 is 20.4 Å².